The van der Waals surface area contributed by atoms with Crippen molar-refractivity contribution in [1.29, 1.82) is 0 Å². The first-order chi connectivity index (χ1) is 16.6. The molecule has 7 heteroatoms. The van der Waals surface area contributed by atoms with Gasteiger partial charge in [-0.3, -0.25) is 4.79 Å². The maximum atomic E-state index is 13.4. The Bertz CT molecular complexity index is 1130. The van der Waals surface area contributed by atoms with Crippen molar-refractivity contribution in [3.63, 3.8) is 0 Å². The predicted octanol–water partition coefficient (Wildman–Crippen LogP) is 5.11. The summed E-state index contributed by atoms with van der Waals surface area (Å²) in [6.45, 7) is 5.03. The topological polar surface area (TPSA) is 74.0 Å². The molecule has 1 aliphatic carbocycles. The molecule has 0 unspecified atom stereocenters. The van der Waals surface area contributed by atoms with E-state index in [9.17, 15) is 4.79 Å². The SMILES string of the molecule is Cc1noc(C)c1COc1ccc(CC(=O)N(Cc2ccc3c(c2)OCO3)C2CCCC2)cc1. The zero-order valence-corrected chi connectivity index (χ0v) is 19.7. The van der Waals surface area contributed by atoms with Gasteiger partial charge in [-0.2, -0.15) is 0 Å². The summed E-state index contributed by atoms with van der Waals surface area (Å²) in [6, 6.07) is 14.0. The summed E-state index contributed by atoms with van der Waals surface area (Å²) in [6.07, 6.45) is 4.83. The smallest absolute Gasteiger partial charge is 0.231 e. The molecule has 2 aliphatic rings. The summed E-state index contributed by atoms with van der Waals surface area (Å²) in [5, 5.41) is 3.96. The molecule has 1 aliphatic heterocycles. The largest absolute Gasteiger partial charge is 0.489 e. The van der Waals surface area contributed by atoms with Crippen molar-refractivity contribution in [1.82, 2.24) is 10.1 Å². The fraction of sp³-hybridized carbons (Fsp3) is 0.407. The lowest BCUT2D eigenvalue weighted by Crippen LogP contribution is -2.39. The van der Waals surface area contributed by atoms with Gasteiger partial charge >= 0.3 is 0 Å². The quantitative estimate of drug-likeness (QED) is 0.463. The summed E-state index contributed by atoms with van der Waals surface area (Å²) in [7, 11) is 0. The number of carbonyl (C=O) groups is 1. The lowest BCUT2D eigenvalue weighted by Gasteiger charge is -2.29. The van der Waals surface area contributed by atoms with E-state index in [1.54, 1.807) is 0 Å². The van der Waals surface area contributed by atoms with E-state index >= 15 is 0 Å². The van der Waals surface area contributed by atoms with Crippen LogP contribution in [-0.2, 0) is 24.4 Å². The Morgan fingerprint density at radius 1 is 1.03 bits per heavy atom. The first-order valence-electron chi connectivity index (χ1n) is 11.9. The van der Waals surface area contributed by atoms with Gasteiger partial charge in [-0.05, 0) is 62.1 Å². The Morgan fingerprint density at radius 3 is 2.50 bits per heavy atom. The Labute approximate surface area is 199 Å². The van der Waals surface area contributed by atoms with Crippen LogP contribution < -0.4 is 14.2 Å². The molecule has 2 aromatic carbocycles. The van der Waals surface area contributed by atoms with Crippen molar-refractivity contribution in [2.45, 2.75) is 65.1 Å². The van der Waals surface area contributed by atoms with E-state index in [1.165, 1.54) is 12.8 Å². The number of ether oxygens (including phenoxy) is 3. The molecule has 0 bridgehead atoms. The average molecular weight is 463 g/mol. The second-order valence-corrected chi connectivity index (χ2v) is 9.06. The number of aromatic nitrogens is 1. The zero-order valence-electron chi connectivity index (χ0n) is 19.7. The van der Waals surface area contributed by atoms with Gasteiger partial charge in [-0.25, -0.2) is 0 Å². The molecule has 0 radical (unpaired) electrons. The molecule has 7 nitrogen and oxygen atoms in total. The van der Waals surface area contributed by atoms with Crippen LogP contribution in [0.3, 0.4) is 0 Å². The number of hydrogen-bond acceptors (Lipinski definition) is 6. The molecular formula is C27H30N2O5. The molecule has 2 heterocycles. The first-order valence-corrected chi connectivity index (χ1v) is 11.9. The summed E-state index contributed by atoms with van der Waals surface area (Å²) < 4.78 is 22.0. The van der Waals surface area contributed by atoms with Gasteiger partial charge in [0, 0.05) is 12.6 Å². The molecular weight excluding hydrogens is 432 g/mol. The maximum absolute atomic E-state index is 13.4. The molecule has 1 fully saturated rings. The minimum atomic E-state index is 0.147. The highest BCUT2D eigenvalue weighted by molar-refractivity contribution is 5.79. The molecule has 0 saturated heterocycles. The highest BCUT2D eigenvalue weighted by atomic mass is 16.7. The van der Waals surface area contributed by atoms with Crippen LogP contribution in [0, 0.1) is 13.8 Å². The number of hydrogen-bond donors (Lipinski definition) is 0. The van der Waals surface area contributed by atoms with Crippen molar-refractivity contribution in [2.24, 2.45) is 0 Å². The van der Waals surface area contributed by atoms with Crippen LogP contribution in [0.4, 0.5) is 0 Å². The van der Waals surface area contributed by atoms with Crippen LogP contribution in [0.15, 0.2) is 47.0 Å². The highest BCUT2D eigenvalue weighted by Gasteiger charge is 2.27. The van der Waals surface area contributed by atoms with E-state index in [2.05, 4.69) is 5.16 Å². The van der Waals surface area contributed by atoms with Crippen molar-refractivity contribution in [2.75, 3.05) is 6.79 Å². The van der Waals surface area contributed by atoms with Crippen molar-refractivity contribution >= 4 is 5.91 Å². The molecule has 1 aromatic heterocycles. The van der Waals surface area contributed by atoms with Crippen LogP contribution in [0.5, 0.6) is 17.2 Å². The van der Waals surface area contributed by atoms with Gasteiger partial charge in [0.05, 0.1) is 17.7 Å². The second kappa shape index (κ2) is 9.79. The van der Waals surface area contributed by atoms with Crippen molar-refractivity contribution in [3.8, 4) is 17.2 Å². The molecule has 34 heavy (non-hydrogen) atoms. The van der Waals surface area contributed by atoms with E-state index in [4.69, 9.17) is 18.7 Å². The van der Waals surface area contributed by atoms with E-state index in [1.807, 2.05) is 61.2 Å². The number of carbonyl (C=O) groups excluding carboxylic acids is 1. The summed E-state index contributed by atoms with van der Waals surface area (Å²) in [5.41, 5.74) is 3.85. The van der Waals surface area contributed by atoms with Gasteiger partial charge in [0.1, 0.15) is 18.1 Å². The van der Waals surface area contributed by atoms with Gasteiger partial charge in [-0.1, -0.05) is 36.2 Å². The number of nitrogens with zero attached hydrogens (tertiary/aromatic N) is 2. The summed E-state index contributed by atoms with van der Waals surface area (Å²) in [5.74, 6) is 3.19. The number of benzene rings is 2. The molecule has 3 aromatic rings. The second-order valence-electron chi connectivity index (χ2n) is 9.06. The minimum Gasteiger partial charge on any atom is -0.489 e. The first kappa shape index (κ1) is 22.3. The van der Waals surface area contributed by atoms with Gasteiger partial charge in [0.25, 0.3) is 0 Å². The molecule has 0 spiro atoms. The standard InChI is InChI=1S/C27H30N2O5/c1-18-24(19(2)34-28-18)16-31-23-10-7-20(8-11-23)14-27(30)29(22-5-3-4-6-22)15-21-9-12-25-26(13-21)33-17-32-25/h7-13,22H,3-6,14-17H2,1-2H3. The molecule has 0 atom stereocenters. The normalized spacial score (nSPS) is 15.0. The fourth-order valence-corrected chi connectivity index (χ4v) is 4.72. The third-order valence-electron chi connectivity index (χ3n) is 6.72. The summed E-state index contributed by atoms with van der Waals surface area (Å²) >= 11 is 0. The van der Waals surface area contributed by atoms with E-state index < -0.39 is 0 Å². The van der Waals surface area contributed by atoms with Crippen LogP contribution in [-0.4, -0.2) is 28.8 Å². The van der Waals surface area contributed by atoms with Crippen LogP contribution in [0.2, 0.25) is 0 Å². The highest BCUT2D eigenvalue weighted by Crippen LogP contribution is 2.34. The fourth-order valence-electron chi connectivity index (χ4n) is 4.72. The third kappa shape index (κ3) is 4.88. The number of aryl methyl sites for hydroxylation is 2. The van der Waals surface area contributed by atoms with E-state index in [-0.39, 0.29) is 18.7 Å². The third-order valence-corrected chi connectivity index (χ3v) is 6.72. The van der Waals surface area contributed by atoms with Crippen molar-refractivity contribution < 1.29 is 23.5 Å². The number of rotatable bonds is 8. The number of fused-ring (bicyclic) bond motifs is 1. The lowest BCUT2D eigenvalue weighted by molar-refractivity contribution is -0.133. The number of amides is 1. The molecule has 5 rings (SSSR count). The molecule has 178 valence electrons. The predicted molar refractivity (Wildman–Crippen MR) is 126 cm³/mol. The van der Waals surface area contributed by atoms with Crippen molar-refractivity contribution in [3.05, 3.63) is 70.6 Å². The van der Waals surface area contributed by atoms with Gasteiger partial charge < -0.3 is 23.6 Å². The lowest BCUT2D eigenvalue weighted by atomic mass is 10.1. The van der Waals surface area contributed by atoms with Gasteiger partial charge in [-0.15, -0.1) is 0 Å². The van der Waals surface area contributed by atoms with Gasteiger partial charge in [0.15, 0.2) is 11.5 Å². The van der Waals surface area contributed by atoms with Crippen LogP contribution >= 0.6 is 0 Å². The molecule has 1 amide bonds. The van der Waals surface area contributed by atoms with Gasteiger partial charge in [0.2, 0.25) is 12.7 Å². The minimum absolute atomic E-state index is 0.147. The Hall–Kier alpha value is -3.48. The Morgan fingerprint density at radius 2 is 1.76 bits per heavy atom. The Balaban J connectivity index is 1.24. The average Bonchev–Trinajstić information content (AvgIpc) is 3.59. The zero-order chi connectivity index (χ0) is 23.5. The summed E-state index contributed by atoms with van der Waals surface area (Å²) in [4.78, 5) is 15.4. The van der Waals surface area contributed by atoms with Crippen LogP contribution in [0.25, 0.3) is 0 Å². The van der Waals surface area contributed by atoms with Crippen LogP contribution in [0.1, 0.15) is 53.8 Å². The molecule has 0 N–H and O–H groups in total. The molecule has 1 saturated carbocycles. The maximum Gasteiger partial charge on any atom is 0.231 e. The van der Waals surface area contributed by atoms with E-state index in [0.717, 1.165) is 58.2 Å². The Kier molecular flexibility index (Phi) is 6.43. The monoisotopic (exact) mass is 462 g/mol. The van der Waals surface area contributed by atoms with E-state index in [0.29, 0.717) is 19.6 Å².